The van der Waals surface area contributed by atoms with Crippen molar-refractivity contribution in [2.45, 2.75) is 38.8 Å². The molecule has 3 aliphatic rings. The van der Waals surface area contributed by atoms with Gasteiger partial charge in [0.05, 0.1) is 30.8 Å². The van der Waals surface area contributed by atoms with Crippen molar-refractivity contribution in [1.82, 2.24) is 9.80 Å². The van der Waals surface area contributed by atoms with E-state index < -0.39 is 12.0 Å². The molecule has 0 unspecified atom stereocenters. The number of carbonyl (C=O) groups is 2. The van der Waals surface area contributed by atoms with Gasteiger partial charge in [-0.3, -0.25) is 4.79 Å². The first-order valence-electron chi connectivity index (χ1n) is 12.1. The van der Waals surface area contributed by atoms with E-state index in [9.17, 15) is 9.59 Å². The Labute approximate surface area is 215 Å². The summed E-state index contributed by atoms with van der Waals surface area (Å²) < 4.78 is 11.5. The van der Waals surface area contributed by atoms with Crippen LogP contribution in [0.1, 0.15) is 43.4 Å². The predicted octanol–water partition coefficient (Wildman–Crippen LogP) is 5.03. The zero-order valence-electron chi connectivity index (χ0n) is 20.5. The van der Waals surface area contributed by atoms with Gasteiger partial charge in [-0.15, -0.1) is 0 Å². The first-order chi connectivity index (χ1) is 17.6. The van der Waals surface area contributed by atoms with E-state index in [0.717, 1.165) is 47.9 Å². The van der Waals surface area contributed by atoms with Crippen molar-refractivity contribution >= 4 is 28.8 Å². The summed E-state index contributed by atoms with van der Waals surface area (Å²) in [5, 5.41) is 2.72. The minimum atomic E-state index is -0.524. The van der Waals surface area contributed by atoms with Gasteiger partial charge in [-0.25, -0.2) is 9.79 Å². The summed E-state index contributed by atoms with van der Waals surface area (Å²) >= 11 is 1.47. The molecule has 0 bridgehead atoms. The Hall–Kier alpha value is -3.52. The van der Waals surface area contributed by atoms with Crippen molar-refractivity contribution < 1.29 is 19.1 Å². The van der Waals surface area contributed by atoms with Crippen LogP contribution in [-0.4, -0.2) is 47.0 Å². The first kappa shape index (κ1) is 24.2. The molecule has 0 N–H and O–H groups in total. The third-order valence-electron chi connectivity index (χ3n) is 6.66. The molecule has 5 rings (SSSR count). The Morgan fingerprint density at radius 1 is 1.06 bits per heavy atom. The Morgan fingerprint density at radius 2 is 1.78 bits per heavy atom. The van der Waals surface area contributed by atoms with E-state index in [1.165, 1.54) is 11.8 Å². The highest BCUT2D eigenvalue weighted by Gasteiger charge is 2.42. The summed E-state index contributed by atoms with van der Waals surface area (Å²) in [6.45, 7) is 3.59. The van der Waals surface area contributed by atoms with Gasteiger partial charge in [0.15, 0.2) is 5.17 Å². The average Bonchev–Trinajstić information content (AvgIpc) is 3.58. The topological polar surface area (TPSA) is 71.4 Å². The quantitative estimate of drug-likeness (QED) is 0.494. The van der Waals surface area contributed by atoms with Crippen LogP contribution in [0.4, 0.5) is 0 Å². The molecule has 0 saturated carbocycles. The Kier molecular flexibility index (Phi) is 7.13. The molecule has 3 aliphatic heterocycles. The molecule has 1 saturated heterocycles. The van der Waals surface area contributed by atoms with Crippen LogP contribution in [0.5, 0.6) is 5.75 Å². The second-order valence-electron chi connectivity index (χ2n) is 8.96. The highest BCUT2D eigenvalue weighted by atomic mass is 32.2. The minimum Gasteiger partial charge on any atom is -0.496 e. The van der Waals surface area contributed by atoms with Gasteiger partial charge in [-0.1, -0.05) is 60.3 Å². The van der Waals surface area contributed by atoms with Gasteiger partial charge in [0.1, 0.15) is 12.4 Å². The number of para-hydroxylation sites is 1. The summed E-state index contributed by atoms with van der Waals surface area (Å²) in [6, 6.07) is 16.7. The maximum absolute atomic E-state index is 13.6. The van der Waals surface area contributed by atoms with E-state index in [2.05, 4.69) is 0 Å². The molecule has 1 fully saturated rings. The lowest BCUT2D eigenvalue weighted by molar-refractivity contribution is -0.141. The number of nitrogens with zero attached hydrogens (tertiary/aromatic N) is 3. The van der Waals surface area contributed by atoms with Crippen LogP contribution in [0, 0.1) is 0 Å². The van der Waals surface area contributed by atoms with Crippen LogP contribution in [-0.2, 0) is 20.9 Å². The predicted molar refractivity (Wildman–Crippen MR) is 140 cm³/mol. The number of rotatable bonds is 7. The van der Waals surface area contributed by atoms with Crippen molar-refractivity contribution in [3.05, 3.63) is 88.1 Å². The maximum Gasteiger partial charge on any atom is 0.338 e. The van der Waals surface area contributed by atoms with Crippen LogP contribution in [0.3, 0.4) is 0 Å². The lowest BCUT2D eigenvalue weighted by atomic mass is 9.93. The number of amidine groups is 1. The zero-order valence-corrected chi connectivity index (χ0v) is 21.3. The molecule has 1 amide bonds. The number of likely N-dealkylation sites (tertiary alicyclic amines) is 1. The molecule has 3 heterocycles. The first-order valence-corrected chi connectivity index (χ1v) is 13.0. The smallest absolute Gasteiger partial charge is 0.338 e. The van der Waals surface area contributed by atoms with E-state index in [4.69, 9.17) is 14.5 Å². The van der Waals surface area contributed by atoms with Crippen molar-refractivity contribution in [2.24, 2.45) is 4.99 Å². The second kappa shape index (κ2) is 10.6. The summed E-state index contributed by atoms with van der Waals surface area (Å²) in [5.41, 5.74) is 3.60. The molecule has 0 spiro atoms. The summed E-state index contributed by atoms with van der Waals surface area (Å²) in [6.07, 6.45) is 2.33. The lowest BCUT2D eigenvalue weighted by Crippen LogP contribution is -2.38. The van der Waals surface area contributed by atoms with Crippen LogP contribution >= 0.6 is 11.8 Å². The van der Waals surface area contributed by atoms with E-state index in [0.29, 0.717) is 17.0 Å². The van der Waals surface area contributed by atoms with Gasteiger partial charge in [0, 0.05) is 24.4 Å². The number of carbonyl (C=O) groups excluding carboxylic acids is 2. The minimum absolute atomic E-state index is 0.0962. The van der Waals surface area contributed by atoms with E-state index >= 15 is 0 Å². The normalized spacial score (nSPS) is 19.1. The monoisotopic (exact) mass is 503 g/mol. The van der Waals surface area contributed by atoms with Gasteiger partial charge in [-0.05, 0) is 36.8 Å². The van der Waals surface area contributed by atoms with Crippen LogP contribution in [0.25, 0.3) is 0 Å². The van der Waals surface area contributed by atoms with E-state index in [1.807, 2.05) is 76.7 Å². The molecule has 8 heteroatoms. The molecule has 36 heavy (non-hydrogen) atoms. The largest absolute Gasteiger partial charge is 0.496 e. The van der Waals surface area contributed by atoms with Gasteiger partial charge in [-0.2, -0.15) is 0 Å². The molecule has 2 aromatic carbocycles. The van der Waals surface area contributed by atoms with Crippen LogP contribution in [0.2, 0.25) is 0 Å². The number of esters is 1. The van der Waals surface area contributed by atoms with Gasteiger partial charge in [0.25, 0.3) is 0 Å². The van der Waals surface area contributed by atoms with E-state index in [-0.39, 0.29) is 18.9 Å². The molecule has 0 radical (unpaired) electrons. The fraction of sp³-hybridized carbons (Fsp3) is 0.321. The third-order valence-corrected chi connectivity index (χ3v) is 7.55. The zero-order chi connectivity index (χ0) is 25.1. The van der Waals surface area contributed by atoms with Gasteiger partial charge < -0.3 is 19.3 Å². The molecular weight excluding hydrogens is 474 g/mol. The Balaban J connectivity index is 1.49. The molecule has 0 aliphatic carbocycles. The number of thioether (sulfide) groups is 1. The molecule has 2 aromatic rings. The number of fused-ring (bicyclic) bond motifs is 1. The molecule has 1 atom stereocenters. The van der Waals surface area contributed by atoms with Crippen molar-refractivity contribution in [3.63, 3.8) is 0 Å². The number of ether oxygens (including phenoxy) is 2. The maximum atomic E-state index is 13.6. The Morgan fingerprint density at radius 3 is 2.53 bits per heavy atom. The SMILES string of the molecule is COc1ccccc1[C@H]1C(C(=O)OCc2ccccc2)=C(C)N=C2SC=C(CC(=O)N3CCCC3)N21. The number of methoxy groups -OCH3 is 1. The van der Waals surface area contributed by atoms with Crippen LogP contribution in [0.15, 0.2) is 82.0 Å². The molecule has 0 aromatic heterocycles. The number of aliphatic imine (C=N–C) groups is 1. The van der Waals surface area contributed by atoms with Gasteiger partial charge in [0.2, 0.25) is 5.91 Å². The standard InChI is InChI=1S/C28H29N3O4S/c1-19-25(27(33)35-17-20-10-4-3-5-11-20)26(22-12-6-7-13-23(22)34-2)31-21(18-36-28(31)29-19)16-24(32)30-14-8-9-15-30/h3-7,10-13,18,26H,8-9,14-17H2,1-2H3/t26-/m0/s1. The number of hydrogen-bond donors (Lipinski definition) is 0. The number of amides is 1. The average molecular weight is 504 g/mol. The number of hydrogen-bond acceptors (Lipinski definition) is 7. The number of benzene rings is 2. The summed E-state index contributed by atoms with van der Waals surface area (Å²) in [5.74, 6) is 0.322. The van der Waals surface area contributed by atoms with Gasteiger partial charge >= 0.3 is 5.97 Å². The van der Waals surface area contributed by atoms with Crippen LogP contribution < -0.4 is 4.74 Å². The molecule has 186 valence electrons. The summed E-state index contributed by atoms with van der Waals surface area (Å²) in [7, 11) is 1.62. The fourth-order valence-electron chi connectivity index (χ4n) is 4.85. The Bertz CT molecular complexity index is 1250. The highest BCUT2D eigenvalue weighted by Crippen LogP contribution is 2.47. The fourth-order valence-corrected chi connectivity index (χ4v) is 5.82. The van der Waals surface area contributed by atoms with Crippen molar-refractivity contribution in [1.29, 1.82) is 0 Å². The van der Waals surface area contributed by atoms with Crippen molar-refractivity contribution in [2.75, 3.05) is 20.2 Å². The molecular formula is C28H29N3O4S. The third kappa shape index (κ3) is 4.78. The van der Waals surface area contributed by atoms with Crippen molar-refractivity contribution in [3.8, 4) is 5.75 Å². The lowest BCUT2D eigenvalue weighted by Gasteiger charge is -2.37. The summed E-state index contributed by atoms with van der Waals surface area (Å²) in [4.78, 5) is 35.3. The second-order valence-corrected chi connectivity index (χ2v) is 9.80. The molecule has 7 nitrogen and oxygen atoms in total. The number of allylic oxidation sites excluding steroid dienone is 1. The highest BCUT2D eigenvalue weighted by molar-refractivity contribution is 8.16. The van der Waals surface area contributed by atoms with E-state index in [1.54, 1.807) is 7.11 Å².